The number of fused-ring (bicyclic) bond motifs is 7. The average molecular weight is 661 g/mol. The molecule has 1 nitrogen and oxygen atoms in total. The van der Waals surface area contributed by atoms with Gasteiger partial charge in [-0.2, -0.15) is 0 Å². The molecule has 242 valence electrons. The van der Waals surface area contributed by atoms with Gasteiger partial charge in [0, 0.05) is 10.9 Å². The second-order valence-electron chi connectivity index (χ2n) is 13.9. The maximum absolute atomic E-state index is 6.48. The fourth-order valence-corrected chi connectivity index (χ4v) is 9.22. The Balaban J connectivity index is 1.23. The normalized spacial score (nSPS) is 13.3. The summed E-state index contributed by atoms with van der Waals surface area (Å²) in [6, 6.07) is 71.1. The van der Waals surface area contributed by atoms with E-state index in [1.807, 2.05) is 6.07 Å². The first-order valence-corrected chi connectivity index (χ1v) is 18.0. The predicted octanol–water partition coefficient (Wildman–Crippen LogP) is 13.5. The minimum atomic E-state index is -0.486. The van der Waals surface area contributed by atoms with Gasteiger partial charge in [-0.3, -0.25) is 0 Å². The number of ether oxygens (including phenoxy) is 1. The molecule has 0 saturated heterocycles. The largest absolute Gasteiger partial charge is 0.456 e. The Morgan fingerprint density at radius 3 is 1.71 bits per heavy atom. The molecule has 52 heavy (non-hydrogen) atoms. The molecule has 1 heterocycles. The minimum absolute atomic E-state index is 0.486. The van der Waals surface area contributed by atoms with Crippen molar-refractivity contribution in [1.82, 2.24) is 0 Å². The summed E-state index contributed by atoms with van der Waals surface area (Å²) in [5.74, 6) is 1.82. The molecule has 9 aromatic carbocycles. The highest BCUT2D eigenvalue weighted by Gasteiger charge is 2.46. The minimum Gasteiger partial charge on any atom is -0.456 e. The van der Waals surface area contributed by atoms with Crippen LogP contribution in [0.15, 0.2) is 194 Å². The van der Waals surface area contributed by atoms with Crippen molar-refractivity contribution in [2.45, 2.75) is 5.41 Å². The highest BCUT2D eigenvalue weighted by molar-refractivity contribution is 6.12. The molecule has 0 spiro atoms. The average Bonchev–Trinajstić information content (AvgIpc) is 3.53. The van der Waals surface area contributed by atoms with E-state index in [0.29, 0.717) is 0 Å². The van der Waals surface area contributed by atoms with Crippen LogP contribution in [-0.4, -0.2) is 0 Å². The Labute approximate surface area is 303 Å². The van der Waals surface area contributed by atoms with E-state index in [2.05, 4.69) is 188 Å². The van der Waals surface area contributed by atoms with Crippen LogP contribution in [0, 0.1) is 0 Å². The SMILES string of the molecule is c1ccc(-c2cccc3c4c(ccc23)C(c2ccccc2)(c2ccccc2)c2ccc(-c3ccc5c6c(cccc36)-c3ccccc3O5)cc2-4)cc1. The molecule has 0 unspecified atom stereocenters. The first kappa shape index (κ1) is 29.1. The number of para-hydroxylation sites is 1. The molecular formula is C51H32O. The quantitative estimate of drug-likeness (QED) is 0.183. The molecule has 0 radical (unpaired) electrons. The van der Waals surface area contributed by atoms with Gasteiger partial charge >= 0.3 is 0 Å². The van der Waals surface area contributed by atoms with Crippen molar-refractivity contribution in [1.29, 1.82) is 0 Å². The zero-order valence-corrected chi connectivity index (χ0v) is 28.4. The smallest absolute Gasteiger partial charge is 0.135 e. The molecule has 1 aliphatic carbocycles. The van der Waals surface area contributed by atoms with Crippen LogP contribution in [0.3, 0.4) is 0 Å². The van der Waals surface area contributed by atoms with Crippen molar-refractivity contribution in [3.05, 3.63) is 216 Å². The standard InChI is InChI=1S/C51H32O/c1-4-14-33(15-5-1)37-21-12-23-42-39(37)27-30-46-49(42)44-32-34(26-29-45(44)51(46,35-16-6-2-7-17-35)36-18-8-3-9-19-36)38-28-31-48-50-41(38)22-13-24-43(50)40-20-10-11-25-47(40)52-48/h1-32H. The number of hydrogen-bond acceptors (Lipinski definition) is 1. The van der Waals surface area contributed by atoms with E-state index in [1.165, 1.54) is 82.7 Å². The molecule has 9 aromatic rings. The zero-order chi connectivity index (χ0) is 34.2. The molecule has 2 aliphatic rings. The van der Waals surface area contributed by atoms with Gasteiger partial charge in [-0.05, 0) is 95.6 Å². The highest BCUT2D eigenvalue weighted by atomic mass is 16.5. The second kappa shape index (κ2) is 11.2. The van der Waals surface area contributed by atoms with Gasteiger partial charge in [-0.25, -0.2) is 0 Å². The molecule has 0 atom stereocenters. The first-order valence-electron chi connectivity index (χ1n) is 18.0. The Kier molecular flexibility index (Phi) is 6.23. The second-order valence-corrected chi connectivity index (χ2v) is 13.9. The number of hydrogen-bond donors (Lipinski definition) is 0. The molecule has 11 rings (SSSR count). The molecule has 0 bridgehead atoms. The van der Waals surface area contributed by atoms with Crippen molar-refractivity contribution < 1.29 is 4.74 Å². The summed E-state index contributed by atoms with van der Waals surface area (Å²) >= 11 is 0. The first-order chi connectivity index (χ1) is 25.8. The van der Waals surface area contributed by atoms with E-state index in [1.54, 1.807) is 0 Å². The third kappa shape index (κ3) is 3.99. The summed E-state index contributed by atoms with van der Waals surface area (Å²) in [4.78, 5) is 0. The molecule has 0 aromatic heterocycles. The van der Waals surface area contributed by atoms with Gasteiger partial charge in [0.1, 0.15) is 11.5 Å². The summed E-state index contributed by atoms with van der Waals surface area (Å²) < 4.78 is 6.48. The summed E-state index contributed by atoms with van der Waals surface area (Å²) in [5.41, 5.74) is 14.5. The third-order valence-electron chi connectivity index (χ3n) is 11.4. The molecule has 1 aliphatic heterocycles. The van der Waals surface area contributed by atoms with Gasteiger partial charge in [0.25, 0.3) is 0 Å². The number of benzene rings is 9. The van der Waals surface area contributed by atoms with E-state index in [-0.39, 0.29) is 0 Å². The van der Waals surface area contributed by atoms with Crippen LogP contribution in [0.5, 0.6) is 11.5 Å². The fourth-order valence-electron chi connectivity index (χ4n) is 9.22. The monoisotopic (exact) mass is 660 g/mol. The van der Waals surface area contributed by atoms with E-state index in [0.717, 1.165) is 17.1 Å². The maximum Gasteiger partial charge on any atom is 0.135 e. The summed E-state index contributed by atoms with van der Waals surface area (Å²) in [7, 11) is 0. The summed E-state index contributed by atoms with van der Waals surface area (Å²) in [6.45, 7) is 0. The van der Waals surface area contributed by atoms with Crippen LogP contribution < -0.4 is 4.74 Å². The molecular weight excluding hydrogens is 629 g/mol. The molecule has 1 heteroatoms. The Morgan fingerprint density at radius 1 is 0.327 bits per heavy atom. The van der Waals surface area contributed by atoms with Crippen molar-refractivity contribution in [3.8, 4) is 56.0 Å². The van der Waals surface area contributed by atoms with E-state index in [9.17, 15) is 0 Å². The van der Waals surface area contributed by atoms with Crippen LogP contribution >= 0.6 is 0 Å². The van der Waals surface area contributed by atoms with Gasteiger partial charge in [0.2, 0.25) is 0 Å². The van der Waals surface area contributed by atoms with Gasteiger partial charge < -0.3 is 4.74 Å². The van der Waals surface area contributed by atoms with Crippen molar-refractivity contribution in [3.63, 3.8) is 0 Å². The maximum atomic E-state index is 6.48. The van der Waals surface area contributed by atoms with Crippen molar-refractivity contribution in [2.75, 3.05) is 0 Å². The van der Waals surface area contributed by atoms with Gasteiger partial charge in [0.05, 0.1) is 5.41 Å². The topological polar surface area (TPSA) is 9.23 Å². The molecule has 0 fully saturated rings. The summed E-state index contributed by atoms with van der Waals surface area (Å²) in [5, 5.41) is 4.90. The zero-order valence-electron chi connectivity index (χ0n) is 28.4. The van der Waals surface area contributed by atoms with Crippen LogP contribution in [0.25, 0.3) is 66.1 Å². The Morgan fingerprint density at radius 2 is 0.942 bits per heavy atom. The lowest BCUT2D eigenvalue weighted by Gasteiger charge is -2.34. The van der Waals surface area contributed by atoms with Crippen molar-refractivity contribution >= 4 is 21.5 Å². The Bertz CT molecular complexity index is 2810. The molecule has 0 saturated carbocycles. The fraction of sp³-hybridized carbons (Fsp3) is 0.0196. The lowest BCUT2D eigenvalue weighted by Crippen LogP contribution is -2.28. The lowest BCUT2D eigenvalue weighted by molar-refractivity contribution is 0.487. The van der Waals surface area contributed by atoms with Gasteiger partial charge in [-0.15, -0.1) is 0 Å². The van der Waals surface area contributed by atoms with E-state index in [4.69, 9.17) is 4.74 Å². The predicted molar refractivity (Wildman–Crippen MR) is 215 cm³/mol. The number of rotatable bonds is 4. The molecule has 0 amide bonds. The Hall–Kier alpha value is -6.70. The lowest BCUT2D eigenvalue weighted by atomic mass is 9.67. The van der Waals surface area contributed by atoms with Crippen LogP contribution in [-0.2, 0) is 5.41 Å². The van der Waals surface area contributed by atoms with Crippen molar-refractivity contribution in [2.24, 2.45) is 0 Å². The van der Waals surface area contributed by atoms with Gasteiger partial charge in [0.15, 0.2) is 0 Å². The third-order valence-corrected chi connectivity index (χ3v) is 11.4. The van der Waals surface area contributed by atoms with E-state index < -0.39 is 5.41 Å². The molecule has 0 N–H and O–H groups in total. The van der Waals surface area contributed by atoms with Crippen LogP contribution in [0.2, 0.25) is 0 Å². The highest BCUT2D eigenvalue weighted by Crippen LogP contribution is 2.59. The summed E-state index contributed by atoms with van der Waals surface area (Å²) in [6.07, 6.45) is 0. The van der Waals surface area contributed by atoms with Crippen LogP contribution in [0.1, 0.15) is 22.3 Å². The van der Waals surface area contributed by atoms with E-state index >= 15 is 0 Å². The van der Waals surface area contributed by atoms with Crippen LogP contribution in [0.4, 0.5) is 0 Å². The van der Waals surface area contributed by atoms with Gasteiger partial charge in [-0.1, -0.05) is 176 Å².